The van der Waals surface area contributed by atoms with E-state index in [0.29, 0.717) is 10.0 Å². The van der Waals surface area contributed by atoms with Crippen molar-refractivity contribution in [1.82, 2.24) is 9.97 Å². The monoisotopic (exact) mass is 229 g/mol. The highest BCUT2D eigenvalue weighted by molar-refractivity contribution is 6.42. The van der Waals surface area contributed by atoms with Crippen LogP contribution >= 0.6 is 23.2 Å². The minimum atomic E-state index is -0.125. The summed E-state index contributed by atoms with van der Waals surface area (Å²) in [5.41, 5.74) is 7.33. The molecule has 0 saturated carbocycles. The highest BCUT2D eigenvalue weighted by Gasteiger charge is 2.08. The third-order valence-corrected chi connectivity index (χ3v) is 2.70. The summed E-state index contributed by atoms with van der Waals surface area (Å²) in [6, 6.07) is 3.35. The smallest absolute Gasteiger partial charge is 0.123 e. The van der Waals surface area contributed by atoms with Crippen LogP contribution in [0.1, 0.15) is 18.8 Å². The normalized spacial score (nSPS) is 13.4. The lowest BCUT2D eigenvalue weighted by atomic mass is 10.3. The molecule has 3 nitrogen and oxygen atoms in total. The van der Waals surface area contributed by atoms with Gasteiger partial charge in [-0.25, -0.2) is 4.98 Å². The standard InChI is InChI=1S/C9H9Cl2N3/c1-4(12)9-13-7-2-5(10)6(11)3-8(7)14-9/h2-4H,12H2,1H3,(H,13,14)/t4-/m1/s1. The van der Waals surface area contributed by atoms with Crippen molar-refractivity contribution in [2.75, 3.05) is 0 Å². The molecule has 0 aliphatic rings. The Bertz CT molecular complexity index is 437. The summed E-state index contributed by atoms with van der Waals surface area (Å²) >= 11 is 11.7. The van der Waals surface area contributed by atoms with Crippen molar-refractivity contribution in [3.8, 4) is 0 Å². The van der Waals surface area contributed by atoms with Crippen LogP contribution < -0.4 is 5.73 Å². The van der Waals surface area contributed by atoms with Crippen LogP contribution in [-0.4, -0.2) is 9.97 Å². The first kappa shape index (κ1) is 9.77. The average molecular weight is 230 g/mol. The van der Waals surface area contributed by atoms with Gasteiger partial charge in [-0.05, 0) is 19.1 Å². The van der Waals surface area contributed by atoms with E-state index < -0.39 is 0 Å². The minimum Gasteiger partial charge on any atom is -0.341 e. The fourth-order valence-electron chi connectivity index (χ4n) is 1.24. The SMILES string of the molecule is C[C@@H](N)c1nc2cc(Cl)c(Cl)cc2[nH]1. The molecule has 0 fully saturated rings. The highest BCUT2D eigenvalue weighted by Crippen LogP contribution is 2.27. The molecule has 2 rings (SSSR count). The van der Waals surface area contributed by atoms with Crippen molar-refractivity contribution in [3.63, 3.8) is 0 Å². The molecule has 74 valence electrons. The molecular formula is C9H9Cl2N3. The first-order chi connectivity index (χ1) is 6.58. The molecule has 0 saturated heterocycles. The highest BCUT2D eigenvalue weighted by atomic mass is 35.5. The Hall–Kier alpha value is -0.770. The van der Waals surface area contributed by atoms with E-state index >= 15 is 0 Å². The van der Waals surface area contributed by atoms with Gasteiger partial charge < -0.3 is 10.7 Å². The van der Waals surface area contributed by atoms with Gasteiger partial charge in [0.25, 0.3) is 0 Å². The minimum absolute atomic E-state index is 0.125. The van der Waals surface area contributed by atoms with Crippen molar-refractivity contribution in [2.24, 2.45) is 5.73 Å². The first-order valence-electron chi connectivity index (χ1n) is 4.18. The fraction of sp³-hybridized carbons (Fsp3) is 0.222. The number of aromatic amines is 1. The van der Waals surface area contributed by atoms with Crippen molar-refractivity contribution >= 4 is 34.2 Å². The van der Waals surface area contributed by atoms with E-state index in [0.717, 1.165) is 16.9 Å². The van der Waals surface area contributed by atoms with Gasteiger partial charge in [0.15, 0.2) is 0 Å². The van der Waals surface area contributed by atoms with Crippen molar-refractivity contribution < 1.29 is 0 Å². The number of H-pyrrole nitrogens is 1. The molecule has 0 radical (unpaired) electrons. The maximum Gasteiger partial charge on any atom is 0.123 e. The van der Waals surface area contributed by atoms with Gasteiger partial charge in [-0.1, -0.05) is 23.2 Å². The predicted molar refractivity (Wildman–Crippen MR) is 58.7 cm³/mol. The summed E-state index contributed by atoms with van der Waals surface area (Å²) in [7, 11) is 0. The van der Waals surface area contributed by atoms with Crippen LogP contribution in [0.5, 0.6) is 0 Å². The summed E-state index contributed by atoms with van der Waals surface area (Å²) in [5.74, 6) is 0.735. The average Bonchev–Trinajstić information content (AvgIpc) is 2.48. The number of nitrogens with two attached hydrogens (primary N) is 1. The zero-order chi connectivity index (χ0) is 10.3. The predicted octanol–water partition coefficient (Wildman–Crippen LogP) is 2.89. The molecule has 2 aromatic rings. The van der Waals surface area contributed by atoms with Crippen LogP contribution in [0.25, 0.3) is 11.0 Å². The third kappa shape index (κ3) is 1.59. The van der Waals surface area contributed by atoms with Gasteiger partial charge in [0.1, 0.15) is 5.82 Å². The number of fused-ring (bicyclic) bond motifs is 1. The van der Waals surface area contributed by atoms with Crippen LogP contribution in [0.2, 0.25) is 10.0 Å². The van der Waals surface area contributed by atoms with Crippen molar-refractivity contribution in [3.05, 3.63) is 28.0 Å². The van der Waals surface area contributed by atoms with E-state index in [2.05, 4.69) is 9.97 Å². The summed E-state index contributed by atoms with van der Waals surface area (Å²) < 4.78 is 0. The molecule has 0 unspecified atom stereocenters. The Morgan fingerprint density at radius 3 is 2.64 bits per heavy atom. The number of hydrogen-bond acceptors (Lipinski definition) is 2. The number of nitrogens with one attached hydrogen (secondary N) is 1. The molecule has 0 bridgehead atoms. The molecule has 0 aliphatic carbocycles. The van der Waals surface area contributed by atoms with Gasteiger partial charge in [-0.15, -0.1) is 0 Å². The topological polar surface area (TPSA) is 54.7 Å². The van der Waals surface area contributed by atoms with Crippen LogP contribution in [-0.2, 0) is 0 Å². The summed E-state index contributed by atoms with van der Waals surface area (Å²) in [6.45, 7) is 1.86. The van der Waals surface area contributed by atoms with E-state index in [1.807, 2.05) is 6.92 Å². The van der Waals surface area contributed by atoms with Gasteiger partial charge in [0, 0.05) is 0 Å². The second-order valence-corrected chi connectivity index (χ2v) is 4.01. The maximum absolute atomic E-state index is 5.87. The number of halogens is 2. The summed E-state index contributed by atoms with van der Waals surface area (Å²) in [5, 5.41) is 1.01. The zero-order valence-corrected chi connectivity index (χ0v) is 9.02. The Balaban J connectivity index is 2.66. The van der Waals surface area contributed by atoms with Crippen LogP contribution in [0.4, 0.5) is 0 Å². The van der Waals surface area contributed by atoms with Gasteiger partial charge in [0.2, 0.25) is 0 Å². The summed E-state index contributed by atoms with van der Waals surface area (Å²) in [6.07, 6.45) is 0. The molecule has 0 amide bonds. The Kier molecular flexibility index (Phi) is 2.39. The van der Waals surface area contributed by atoms with Gasteiger partial charge in [-0.2, -0.15) is 0 Å². The molecule has 5 heteroatoms. The fourth-order valence-corrected chi connectivity index (χ4v) is 1.56. The lowest BCUT2D eigenvalue weighted by Gasteiger charge is -1.96. The van der Waals surface area contributed by atoms with E-state index in [1.165, 1.54) is 0 Å². The molecule has 3 N–H and O–H groups in total. The number of aromatic nitrogens is 2. The van der Waals surface area contributed by atoms with Gasteiger partial charge in [0.05, 0.1) is 27.1 Å². The molecule has 0 spiro atoms. The molecule has 1 aromatic carbocycles. The lowest BCUT2D eigenvalue weighted by molar-refractivity contribution is 0.760. The molecule has 1 aromatic heterocycles. The van der Waals surface area contributed by atoms with Gasteiger partial charge >= 0.3 is 0 Å². The van der Waals surface area contributed by atoms with Gasteiger partial charge in [-0.3, -0.25) is 0 Å². The molecule has 0 aliphatic heterocycles. The zero-order valence-electron chi connectivity index (χ0n) is 7.51. The molecule has 1 heterocycles. The maximum atomic E-state index is 5.87. The quantitative estimate of drug-likeness (QED) is 0.791. The van der Waals surface area contributed by atoms with Crippen LogP contribution in [0.15, 0.2) is 12.1 Å². The van der Waals surface area contributed by atoms with Crippen molar-refractivity contribution in [2.45, 2.75) is 13.0 Å². The molecular weight excluding hydrogens is 221 g/mol. The Morgan fingerprint density at radius 2 is 2.00 bits per heavy atom. The Labute approximate surface area is 91.2 Å². The second kappa shape index (κ2) is 3.42. The Morgan fingerprint density at radius 1 is 1.36 bits per heavy atom. The lowest BCUT2D eigenvalue weighted by Crippen LogP contribution is -2.06. The molecule has 14 heavy (non-hydrogen) atoms. The van der Waals surface area contributed by atoms with Crippen molar-refractivity contribution in [1.29, 1.82) is 0 Å². The number of imidazole rings is 1. The van der Waals surface area contributed by atoms with E-state index in [-0.39, 0.29) is 6.04 Å². The van der Waals surface area contributed by atoms with E-state index in [1.54, 1.807) is 12.1 Å². The number of hydrogen-bond donors (Lipinski definition) is 2. The number of nitrogens with zero attached hydrogens (tertiary/aromatic N) is 1. The first-order valence-corrected chi connectivity index (χ1v) is 4.94. The van der Waals surface area contributed by atoms with Crippen LogP contribution in [0, 0.1) is 0 Å². The number of benzene rings is 1. The molecule has 1 atom stereocenters. The van der Waals surface area contributed by atoms with E-state index in [9.17, 15) is 0 Å². The largest absolute Gasteiger partial charge is 0.341 e. The third-order valence-electron chi connectivity index (χ3n) is 1.97. The second-order valence-electron chi connectivity index (χ2n) is 3.19. The van der Waals surface area contributed by atoms with Crippen LogP contribution in [0.3, 0.4) is 0 Å². The van der Waals surface area contributed by atoms with E-state index in [4.69, 9.17) is 28.9 Å². The number of rotatable bonds is 1. The summed E-state index contributed by atoms with van der Waals surface area (Å²) in [4.78, 5) is 7.37.